The monoisotopic (exact) mass is 669 g/mol. The third-order valence-electron chi connectivity index (χ3n) is 7.05. The summed E-state index contributed by atoms with van der Waals surface area (Å²) in [7, 11) is -4.30. The first-order chi connectivity index (χ1) is 21.3. The van der Waals surface area contributed by atoms with Crippen LogP contribution in [0.5, 0.6) is 0 Å². The number of benzene rings is 4. The normalized spacial score (nSPS) is 12.1. The lowest BCUT2D eigenvalue weighted by molar-refractivity contribution is -0.140. The molecule has 4 aromatic rings. The quantitative estimate of drug-likeness (QED) is 0.180. The number of carbonyl (C=O) groups is 2. The fraction of sp³-hybridized carbons (Fsp3) is 0.235. The van der Waals surface area contributed by atoms with Crippen molar-refractivity contribution in [2.45, 2.75) is 50.7 Å². The van der Waals surface area contributed by atoms with Gasteiger partial charge in [-0.25, -0.2) is 12.8 Å². The fourth-order valence-corrected chi connectivity index (χ4v) is 6.43. The van der Waals surface area contributed by atoms with Crippen LogP contribution in [-0.2, 0) is 32.6 Å². The second kappa shape index (κ2) is 14.9. The summed E-state index contributed by atoms with van der Waals surface area (Å²) in [4.78, 5) is 29.4. The van der Waals surface area contributed by atoms with Crippen molar-refractivity contribution in [3.63, 3.8) is 0 Å². The van der Waals surface area contributed by atoms with Gasteiger partial charge in [0.1, 0.15) is 18.4 Å². The summed E-state index contributed by atoms with van der Waals surface area (Å²) in [6.07, 6.45) is 0.157. The van der Waals surface area contributed by atoms with Gasteiger partial charge in [0.2, 0.25) is 11.8 Å². The Labute approximate surface area is 273 Å². The number of rotatable bonds is 12. The van der Waals surface area contributed by atoms with Crippen molar-refractivity contribution in [1.82, 2.24) is 10.2 Å². The van der Waals surface area contributed by atoms with Gasteiger partial charge in [-0.1, -0.05) is 83.4 Å². The number of aryl methyl sites for hydroxylation is 1. The molecule has 1 N–H and O–H groups in total. The Balaban J connectivity index is 1.82. The molecule has 0 saturated heterocycles. The summed E-state index contributed by atoms with van der Waals surface area (Å²) >= 11 is 12.4. The van der Waals surface area contributed by atoms with E-state index < -0.39 is 40.2 Å². The lowest BCUT2D eigenvalue weighted by atomic mass is 10.0. The largest absolute Gasteiger partial charge is 0.352 e. The number of nitrogens with one attached hydrogen (secondary N) is 1. The Morgan fingerprint density at radius 1 is 0.844 bits per heavy atom. The van der Waals surface area contributed by atoms with Crippen LogP contribution in [0, 0.1) is 12.7 Å². The standard InChI is InChI=1S/C34H34Cl2FN3O4S/c1-23(2)38-34(42)32(19-25-7-5-4-6-8-25)39(21-26-11-13-27(37)14-12-26)33(41)22-40(28-15-18-30(35)31(36)20-28)45(43,44)29-16-9-24(3)10-17-29/h4-18,20,23,32H,19,21-22H2,1-3H3,(H,38,42)/t32-/m0/s1. The predicted molar refractivity (Wildman–Crippen MR) is 176 cm³/mol. The number of hydrogen-bond acceptors (Lipinski definition) is 4. The van der Waals surface area contributed by atoms with Gasteiger partial charge in [-0.2, -0.15) is 0 Å². The highest BCUT2D eigenvalue weighted by molar-refractivity contribution is 7.92. The minimum Gasteiger partial charge on any atom is -0.352 e. The molecular formula is C34H34Cl2FN3O4S. The molecule has 0 aliphatic carbocycles. The maximum atomic E-state index is 14.4. The molecule has 0 aromatic heterocycles. The first kappa shape index (κ1) is 34.0. The van der Waals surface area contributed by atoms with Gasteiger partial charge in [0.25, 0.3) is 10.0 Å². The van der Waals surface area contributed by atoms with Gasteiger partial charge in [-0.05, 0) is 74.4 Å². The average Bonchev–Trinajstić information content (AvgIpc) is 3.00. The highest BCUT2D eigenvalue weighted by atomic mass is 35.5. The van der Waals surface area contributed by atoms with Crippen LogP contribution >= 0.6 is 23.2 Å². The molecule has 0 bridgehead atoms. The van der Waals surface area contributed by atoms with Gasteiger partial charge >= 0.3 is 0 Å². The molecule has 0 aliphatic rings. The summed E-state index contributed by atoms with van der Waals surface area (Å²) in [5, 5.41) is 3.21. The van der Waals surface area contributed by atoms with E-state index in [0.29, 0.717) is 5.56 Å². The van der Waals surface area contributed by atoms with Crippen LogP contribution in [0.1, 0.15) is 30.5 Å². The maximum absolute atomic E-state index is 14.4. The summed E-state index contributed by atoms with van der Waals surface area (Å²) < 4.78 is 42.9. The molecule has 4 rings (SSSR count). The Kier molecular flexibility index (Phi) is 11.3. The molecule has 0 fully saturated rings. The first-order valence-corrected chi connectivity index (χ1v) is 16.5. The van der Waals surface area contributed by atoms with E-state index in [1.807, 2.05) is 51.1 Å². The lowest BCUT2D eigenvalue weighted by Gasteiger charge is -2.34. The van der Waals surface area contributed by atoms with Crippen molar-refractivity contribution in [3.05, 3.63) is 130 Å². The van der Waals surface area contributed by atoms with Gasteiger partial charge in [-0.3, -0.25) is 13.9 Å². The molecule has 236 valence electrons. The van der Waals surface area contributed by atoms with E-state index in [-0.39, 0.29) is 39.6 Å². The van der Waals surface area contributed by atoms with Gasteiger partial charge in [0.15, 0.2) is 0 Å². The van der Waals surface area contributed by atoms with Crippen molar-refractivity contribution >= 4 is 50.7 Å². The maximum Gasteiger partial charge on any atom is 0.264 e. The Morgan fingerprint density at radius 3 is 2.09 bits per heavy atom. The van der Waals surface area contributed by atoms with Crippen LogP contribution in [0.4, 0.5) is 10.1 Å². The Hall–Kier alpha value is -3.92. The molecule has 0 spiro atoms. The summed E-state index contributed by atoms with van der Waals surface area (Å²) in [5.41, 5.74) is 2.33. The molecule has 45 heavy (non-hydrogen) atoms. The summed E-state index contributed by atoms with van der Waals surface area (Å²) in [6, 6.07) is 24.1. The van der Waals surface area contributed by atoms with Crippen LogP contribution < -0.4 is 9.62 Å². The molecule has 0 unspecified atom stereocenters. The molecule has 0 saturated carbocycles. The molecule has 4 aromatic carbocycles. The predicted octanol–water partition coefficient (Wildman–Crippen LogP) is 6.80. The zero-order chi connectivity index (χ0) is 32.7. The minimum absolute atomic E-state index is 0.0320. The van der Waals surface area contributed by atoms with Crippen LogP contribution in [0.3, 0.4) is 0 Å². The van der Waals surface area contributed by atoms with Crippen LogP contribution in [0.2, 0.25) is 10.0 Å². The number of sulfonamides is 1. The summed E-state index contributed by atoms with van der Waals surface area (Å²) in [5.74, 6) is -1.52. The molecule has 2 amide bonds. The first-order valence-electron chi connectivity index (χ1n) is 14.3. The number of halogens is 3. The van der Waals surface area contributed by atoms with Gasteiger partial charge in [-0.15, -0.1) is 0 Å². The topological polar surface area (TPSA) is 86.8 Å². The molecule has 7 nitrogen and oxygen atoms in total. The third-order valence-corrected chi connectivity index (χ3v) is 9.57. The van der Waals surface area contributed by atoms with E-state index in [0.717, 1.165) is 15.4 Å². The van der Waals surface area contributed by atoms with Crippen molar-refractivity contribution in [3.8, 4) is 0 Å². The third kappa shape index (κ3) is 8.84. The second-order valence-corrected chi connectivity index (χ2v) is 13.6. The van der Waals surface area contributed by atoms with Crippen LogP contribution in [0.15, 0.2) is 102 Å². The number of hydrogen-bond donors (Lipinski definition) is 1. The van der Waals surface area contributed by atoms with Crippen molar-refractivity contribution in [2.75, 3.05) is 10.8 Å². The number of nitrogens with zero attached hydrogens (tertiary/aromatic N) is 2. The molecule has 0 radical (unpaired) electrons. The van der Waals surface area contributed by atoms with Crippen molar-refractivity contribution < 1.29 is 22.4 Å². The van der Waals surface area contributed by atoms with E-state index in [1.54, 1.807) is 12.1 Å². The number of amides is 2. The van der Waals surface area contributed by atoms with Gasteiger partial charge in [0.05, 0.1) is 20.6 Å². The van der Waals surface area contributed by atoms with E-state index in [4.69, 9.17) is 23.2 Å². The van der Waals surface area contributed by atoms with Crippen LogP contribution in [-0.4, -0.2) is 43.8 Å². The molecule has 0 heterocycles. The zero-order valence-electron chi connectivity index (χ0n) is 25.1. The van der Waals surface area contributed by atoms with Crippen LogP contribution in [0.25, 0.3) is 0 Å². The van der Waals surface area contributed by atoms with E-state index in [2.05, 4.69) is 5.32 Å². The van der Waals surface area contributed by atoms with Crippen molar-refractivity contribution in [1.29, 1.82) is 0 Å². The zero-order valence-corrected chi connectivity index (χ0v) is 27.4. The summed E-state index contributed by atoms with van der Waals surface area (Å²) in [6.45, 7) is 4.71. The van der Waals surface area contributed by atoms with Gasteiger partial charge in [0, 0.05) is 19.0 Å². The number of anilines is 1. The minimum atomic E-state index is -4.30. The second-order valence-electron chi connectivity index (χ2n) is 10.9. The molecular weight excluding hydrogens is 636 g/mol. The highest BCUT2D eigenvalue weighted by Gasteiger charge is 2.35. The fourth-order valence-electron chi connectivity index (χ4n) is 4.73. The Morgan fingerprint density at radius 2 is 1.49 bits per heavy atom. The Bertz CT molecular complexity index is 1740. The lowest BCUT2D eigenvalue weighted by Crippen LogP contribution is -2.54. The van der Waals surface area contributed by atoms with Gasteiger partial charge < -0.3 is 10.2 Å². The molecule has 11 heteroatoms. The van der Waals surface area contributed by atoms with Crippen molar-refractivity contribution in [2.24, 2.45) is 0 Å². The van der Waals surface area contributed by atoms with E-state index in [9.17, 15) is 22.4 Å². The van der Waals surface area contributed by atoms with E-state index >= 15 is 0 Å². The highest BCUT2D eigenvalue weighted by Crippen LogP contribution is 2.31. The smallest absolute Gasteiger partial charge is 0.264 e. The average molecular weight is 671 g/mol. The molecule has 0 aliphatic heterocycles. The van der Waals surface area contributed by atoms with E-state index in [1.165, 1.54) is 59.5 Å². The SMILES string of the molecule is Cc1ccc(S(=O)(=O)N(CC(=O)N(Cc2ccc(F)cc2)[C@@H](Cc2ccccc2)C(=O)NC(C)C)c2ccc(Cl)c(Cl)c2)cc1. The number of carbonyl (C=O) groups excluding carboxylic acids is 2. The molecule has 1 atom stereocenters.